The summed E-state index contributed by atoms with van der Waals surface area (Å²) >= 11 is 0. The summed E-state index contributed by atoms with van der Waals surface area (Å²) in [5.74, 6) is -0.435. The molecule has 0 radical (unpaired) electrons. The average Bonchev–Trinajstić information content (AvgIpc) is 2.53. The minimum atomic E-state index is -0.509. The van der Waals surface area contributed by atoms with Crippen molar-refractivity contribution in [1.29, 1.82) is 0 Å². The minimum absolute atomic E-state index is 0.00310. The minimum Gasteiger partial charge on any atom is -0.321 e. The second-order valence-electron chi connectivity index (χ2n) is 4.37. The van der Waals surface area contributed by atoms with Crippen LogP contribution in [-0.2, 0) is 5.54 Å². The first-order valence-electron chi connectivity index (χ1n) is 4.37. The van der Waals surface area contributed by atoms with Crippen molar-refractivity contribution in [3.63, 3.8) is 0 Å². The van der Waals surface area contributed by atoms with E-state index in [1.165, 1.54) is 6.20 Å². The Balaban J connectivity index is 2.44. The number of hydrogen-bond donors (Lipinski definition) is 1. The van der Waals surface area contributed by atoms with Gasteiger partial charge in [0.2, 0.25) is 5.95 Å². The van der Waals surface area contributed by atoms with Crippen LogP contribution >= 0.6 is 0 Å². The van der Waals surface area contributed by atoms with E-state index in [1.54, 1.807) is 12.1 Å². The van der Waals surface area contributed by atoms with Gasteiger partial charge in [-0.25, -0.2) is 4.98 Å². The van der Waals surface area contributed by atoms with E-state index >= 15 is 0 Å². The Morgan fingerprint density at radius 1 is 1.54 bits per heavy atom. The SMILES string of the molecule is CC1(C)CC1(N)c1cccnc1F. The summed E-state index contributed by atoms with van der Waals surface area (Å²) in [6.45, 7) is 4.08. The molecule has 0 bridgehead atoms. The molecule has 0 saturated heterocycles. The van der Waals surface area contributed by atoms with Gasteiger partial charge in [0.05, 0.1) is 5.54 Å². The highest BCUT2D eigenvalue weighted by Gasteiger charge is 2.60. The zero-order chi connectivity index (χ0) is 9.69. The lowest BCUT2D eigenvalue weighted by atomic mass is 9.98. The molecule has 2 rings (SSSR count). The van der Waals surface area contributed by atoms with Crippen molar-refractivity contribution in [3.05, 3.63) is 29.8 Å². The lowest BCUT2D eigenvalue weighted by Gasteiger charge is -2.15. The maximum atomic E-state index is 13.3. The van der Waals surface area contributed by atoms with E-state index in [-0.39, 0.29) is 5.41 Å². The number of pyridine rings is 1. The fourth-order valence-electron chi connectivity index (χ4n) is 1.83. The predicted octanol–water partition coefficient (Wildman–Crippen LogP) is 1.80. The number of aromatic nitrogens is 1. The van der Waals surface area contributed by atoms with E-state index in [0.717, 1.165) is 6.42 Å². The van der Waals surface area contributed by atoms with Crippen LogP contribution in [0.15, 0.2) is 18.3 Å². The van der Waals surface area contributed by atoms with Crippen molar-refractivity contribution in [1.82, 2.24) is 4.98 Å². The molecular formula is C10H13FN2. The molecule has 0 amide bonds. The van der Waals surface area contributed by atoms with E-state index in [4.69, 9.17) is 5.73 Å². The van der Waals surface area contributed by atoms with Crippen LogP contribution in [0.2, 0.25) is 0 Å². The summed E-state index contributed by atoms with van der Waals surface area (Å²) in [6.07, 6.45) is 2.26. The lowest BCUT2D eigenvalue weighted by Crippen LogP contribution is -2.27. The van der Waals surface area contributed by atoms with Crippen molar-refractivity contribution in [2.75, 3.05) is 0 Å². The fourth-order valence-corrected chi connectivity index (χ4v) is 1.83. The molecular weight excluding hydrogens is 167 g/mol. The van der Waals surface area contributed by atoms with Gasteiger partial charge in [0.25, 0.3) is 0 Å². The number of hydrogen-bond acceptors (Lipinski definition) is 2. The van der Waals surface area contributed by atoms with Crippen LogP contribution in [0, 0.1) is 11.4 Å². The molecule has 1 aliphatic carbocycles. The van der Waals surface area contributed by atoms with Crippen LogP contribution in [0.5, 0.6) is 0 Å². The third-order valence-electron chi connectivity index (χ3n) is 3.04. The second-order valence-corrected chi connectivity index (χ2v) is 4.37. The average molecular weight is 180 g/mol. The molecule has 1 unspecified atom stereocenters. The van der Waals surface area contributed by atoms with E-state index < -0.39 is 11.5 Å². The van der Waals surface area contributed by atoms with Gasteiger partial charge in [-0.2, -0.15) is 4.39 Å². The Morgan fingerprint density at radius 2 is 2.15 bits per heavy atom. The predicted molar refractivity (Wildman–Crippen MR) is 48.5 cm³/mol. The van der Waals surface area contributed by atoms with Crippen LogP contribution in [0.25, 0.3) is 0 Å². The largest absolute Gasteiger partial charge is 0.321 e. The summed E-state index contributed by atoms with van der Waals surface area (Å²) in [5.41, 5.74) is 6.10. The van der Waals surface area contributed by atoms with Gasteiger partial charge >= 0.3 is 0 Å². The standard InChI is InChI=1S/C10H13FN2/c1-9(2)6-10(9,12)7-4-3-5-13-8(7)11/h3-5H,6,12H2,1-2H3. The molecule has 13 heavy (non-hydrogen) atoms. The van der Waals surface area contributed by atoms with Gasteiger partial charge < -0.3 is 5.73 Å². The van der Waals surface area contributed by atoms with Crippen LogP contribution in [-0.4, -0.2) is 4.98 Å². The van der Waals surface area contributed by atoms with Crippen molar-refractivity contribution in [2.45, 2.75) is 25.8 Å². The molecule has 1 heterocycles. The molecule has 1 aromatic heterocycles. The van der Waals surface area contributed by atoms with Crippen molar-refractivity contribution in [3.8, 4) is 0 Å². The molecule has 0 spiro atoms. The van der Waals surface area contributed by atoms with Gasteiger partial charge in [0.15, 0.2) is 0 Å². The van der Waals surface area contributed by atoms with Gasteiger partial charge in [0.1, 0.15) is 0 Å². The lowest BCUT2D eigenvalue weighted by molar-refractivity contribution is 0.470. The van der Waals surface area contributed by atoms with E-state index in [0.29, 0.717) is 5.56 Å². The van der Waals surface area contributed by atoms with Crippen LogP contribution < -0.4 is 5.73 Å². The molecule has 1 aliphatic rings. The third-order valence-corrected chi connectivity index (χ3v) is 3.04. The molecule has 1 fully saturated rings. The van der Waals surface area contributed by atoms with Gasteiger partial charge in [-0.3, -0.25) is 0 Å². The number of nitrogens with zero attached hydrogens (tertiary/aromatic N) is 1. The summed E-state index contributed by atoms with van der Waals surface area (Å²) in [4.78, 5) is 3.60. The first-order valence-corrected chi connectivity index (χ1v) is 4.37. The van der Waals surface area contributed by atoms with Crippen molar-refractivity contribution in [2.24, 2.45) is 11.1 Å². The maximum absolute atomic E-state index is 13.3. The van der Waals surface area contributed by atoms with Crippen LogP contribution in [0.4, 0.5) is 4.39 Å². The summed E-state index contributed by atoms with van der Waals surface area (Å²) in [6, 6.07) is 3.44. The Kier molecular flexibility index (Phi) is 1.52. The first kappa shape index (κ1) is 8.63. The van der Waals surface area contributed by atoms with Crippen LogP contribution in [0.3, 0.4) is 0 Å². The molecule has 1 saturated carbocycles. The zero-order valence-electron chi connectivity index (χ0n) is 7.84. The highest BCUT2D eigenvalue weighted by molar-refractivity contribution is 5.33. The van der Waals surface area contributed by atoms with Gasteiger partial charge in [-0.15, -0.1) is 0 Å². The highest BCUT2D eigenvalue weighted by atomic mass is 19.1. The number of nitrogens with two attached hydrogens (primary N) is 1. The number of rotatable bonds is 1. The van der Waals surface area contributed by atoms with Gasteiger partial charge in [-0.05, 0) is 17.9 Å². The van der Waals surface area contributed by atoms with Gasteiger partial charge in [0, 0.05) is 11.8 Å². The highest BCUT2D eigenvalue weighted by Crippen LogP contribution is 2.60. The normalized spacial score (nSPS) is 30.2. The molecule has 70 valence electrons. The van der Waals surface area contributed by atoms with E-state index in [2.05, 4.69) is 4.98 Å². The molecule has 2 nitrogen and oxygen atoms in total. The molecule has 1 atom stereocenters. The third kappa shape index (κ3) is 1.07. The summed E-state index contributed by atoms with van der Waals surface area (Å²) < 4.78 is 13.3. The molecule has 0 aliphatic heterocycles. The van der Waals surface area contributed by atoms with E-state index in [9.17, 15) is 4.39 Å². The summed E-state index contributed by atoms with van der Waals surface area (Å²) in [7, 11) is 0. The molecule has 1 aromatic rings. The fraction of sp³-hybridized carbons (Fsp3) is 0.500. The zero-order valence-corrected chi connectivity index (χ0v) is 7.84. The second kappa shape index (κ2) is 2.29. The quantitative estimate of drug-likeness (QED) is 0.669. The Bertz CT molecular complexity index is 349. The monoisotopic (exact) mass is 180 g/mol. The smallest absolute Gasteiger partial charge is 0.217 e. The molecule has 3 heteroatoms. The molecule has 2 N–H and O–H groups in total. The summed E-state index contributed by atoms with van der Waals surface area (Å²) in [5, 5.41) is 0. The van der Waals surface area contributed by atoms with E-state index in [1.807, 2.05) is 13.8 Å². The first-order chi connectivity index (χ1) is 5.97. The number of halogens is 1. The Hall–Kier alpha value is -0.960. The Morgan fingerprint density at radius 3 is 2.62 bits per heavy atom. The van der Waals surface area contributed by atoms with Crippen LogP contribution in [0.1, 0.15) is 25.8 Å². The topological polar surface area (TPSA) is 38.9 Å². The molecule has 0 aromatic carbocycles. The Labute approximate surface area is 77.0 Å². The maximum Gasteiger partial charge on any atom is 0.217 e. The van der Waals surface area contributed by atoms with Crippen molar-refractivity contribution < 1.29 is 4.39 Å². The van der Waals surface area contributed by atoms with Gasteiger partial charge in [-0.1, -0.05) is 19.9 Å². The van der Waals surface area contributed by atoms with Crippen molar-refractivity contribution >= 4 is 0 Å².